The minimum absolute atomic E-state index is 0.0756. The van der Waals surface area contributed by atoms with Crippen molar-refractivity contribution in [2.45, 2.75) is 57.5 Å². The zero-order chi connectivity index (χ0) is 20.4. The number of likely N-dealkylation sites (tertiary alicyclic amines) is 1. The van der Waals surface area contributed by atoms with Crippen LogP contribution in [0.3, 0.4) is 0 Å². The van der Waals surface area contributed by atoms with Gasteiger partial charge in [0.25, 0.3) is 0 Å². The molecule has 0 saturated carbocycles. The maximum atomic E-state index is 12.5. The van der Waals surface area contributed by atoms with E-state index in [9.17, 15) is 9.59 Å². The standard InChI is InChI=1S/C22H28N4O2S/c1-15-20(29-14-23-15)12-26-11-19(17-6-5-7-18(10-17)24-16(2)27)22(13-26)9-4-3-8-21(28)25-22/h5-7,10,14,19H,3-4,8-9,11-13H2,1-2H3,(H,24,27)(H,25,28)/t19-,22+/m0/s1. The lowest BCUT2D eigenvalue weighted by molar-refractivity contribution is -0.122. The van der Waals surface area contributed by atoms with Gasteiger partial charge in [-0.25, -0.2) is 4.98 Å². The molecule has 0 aliphatic carbocycles. The number of anilines is 1. The molecule has 0 unspecified atom stereocenters. The van der Waals surface area contributed by atoms with Crippen LogP contribution in [0.1, 0.15) is 54.7 Å². The number of nitrogens with zero attached hydrogens (tertiary/aromatic N) is 2. The van der Waals surface area contributed by atoms with E-state index in [1.54, 1.807) is 11.3 Å². The number of aryl methyl sites for hydroxylation is 1. The van der Waals surface area contributed by atoms with Gasteiger partial charge in [-0.1, -0.05) is 18.6 Å². The minimum atomic E-state index is -0.263. The molecule has 2 fully saturated rings. The van der Waals surface area contributed by atoms with E-state index in [-0.39, 0.29) is 23.3 Å². The number of nitrogens with one attached hydrogen (secondary N) is 2. The lowest BCUT2D eigenvalue weighted by Crippen LogP contribution is -2.52. The smallest absolute Gasteiger partial charge is 0.221 e. The van der Waals surface area contributed by atoms with Gasteiger partial charge in [0, 0.05) is 49.5 Å². The number of carbonyl (C=O) groups is 2. The van der Waals surface area contributed by atoms with E-state index in [0.717, 1.165) is 50.3 Å². The summed E-state index contributed by atoms with van der Waals surface area (Å²) >= 11 is 1.69. The lowest BCUT2D eigenvalue weighted by atomic mass is 9.79. The number of hydrogen-bond donors (Lipinski definition) is 2. The van der Waals surface area contributed by atoms with E-state index < -0.39 is 0 Å². The minimum Gasteiger partial charge on any atom is -0.349 e. The predicted octanol–water partition coefficient (Wildman–Crippen LogP) is 3.44. The van der Waals surface area contributed by atoms with Crippen molar-refractivity contribution in [1.29, 1.82) is 0 Å². The normalized spacial score (nSPS) is 25.0. The summed E-state index contributed by atoms with van der Waals surface area (Å²) < 4.78 is 0. The first-order valence-corrected chi connectivity index (χ1v) is 11.1. The summed E-state index contributed by atoms with van der Waals surface area (Å²) in [5.74, 6) is 0.265. The van der Waals surface area contributed by atoms with Crippen LogP contribution < -0.4 is 10.6 Å². The highest BCUT2D eigenvalue weighted by molar-refractivity contribution is 7.09. The monoisotopic (exact) mass is 412 g/mol. The second kappa shape index (κ2) is 8.24. The molecule has 2 saturated heterocycles. The molecule has 4 rings (SSSR count). The Hall–Kier alpha value is -2.25. The molecule has 2 aliphatic heterocycles. The SMILES string of the molecule is CC(=O)Nc1cccc([C@@H]2CN(Cc3scnc3C)C[C@]23CCCCC(=O)N3)c1. The molecule has 1 spiro atoms. The Balaban J connectivity index is 1.65. The fourth-order valence-corrected chi connectivity index (χ4v) is 5.60. The third-order valence-electron chi connectivity index (χ3n) is 6.10. The summed E-state index contributed by atoms with van der Waals surface area (Å²) in [6.07, 6.45) is 3.58. The van der Waals surface area contributed by atoms with Crippen molar-refractivity contribution in [3.63, 3.8) is 0 Å². The quantitative estimate of drug-likeness (QED) is 0.807. The van der Waals surface area contributed by atoms with Crippen LogP contribution >= 0.6 is 11.3 Å². The summed E-state index contributed by atoms with van der Waals surface area (Å²) in [6.45, 7) is 6.15. The average molecular weight is 413 g/mol. The first-order chi connectivity index (χ1) is 13.9. The zero-order valence-electron chi connectivity index (χ0n) is 17.0. The zero-order valence-corrected chi connectivity index (χ0v) is 17.8. The van der Waals surface area contributed by atoms with Gasteiger partial charge in [0.1, 0.15) is 0 Å². The summed E-state index contributed by atoms with van der Waals surface area (Å²) in [4.78, 5) is 32.1. The van der Waals surface area contributed by atoms with Crippen molar-refractivity contribution in [2.24, 2.45) is 0 Å². The van der Waals surface area contributed by atoms with Gasteiger partial charge in [-0.3, -0.25) is 14.5 Å². The Labute approximate surface area is 175 Å². The Kier molecular flexibility index (Phi) is 5.69. The molecule has 29 heavy (non-hydrogen) atoms. The molecule has 0 radical (unpaired) electrons. The highest BCUT2D eigenvalue weighted by Gasteiger charge is 2.48. The lowest BCUT2D eigenvalue weighted by Gasteiger charge is -2.35. The summed E-state index contributed by atoms with van der Waals surface area (Å²) in [7, 11) is 0. The second-order valence-electron chi connectivity index (χ2n) is 8.30. The molecule has 2 atom stereocenters. The third-order valence-corrected chi connectivity index (χ3v) is 7.02. The Bertz CT molecular complexity index is 912. The number of benzene rings is 1. The van der Waals surface area contributed by atoms with Gasteiger partial charge in [-0.15, -0.1) is 11.3 Å². The van der Waals surface area contributed by atoms with Gasteiger partial charge in [0.15, 0.2) is 0 Å². The summed E-state index contributed by atoms with van der Waals surface area (Å²) in [6, 6.07) is 8.09. The first-order valence-electron chi connectivity index (χ1n) is 10.2. The Morgan fingerprint density at radius 1 is 1.41 bits per heavy atom. The first kappa shape index (κ1) is 20.0. The van der Waals surface area contributed by atoms with E-state index in [4.69, 9.17) is 0 Å². The van der Waals surface area contributed by atoms with Crippen LogP contribution in [-0.2, 0) is 16.1 Å². The van der Waals surface area contributed by atoms with Crippen LogP contribution in [0.5, 0.6) is 0 Å². The van der Waals surface area contributed by atoms with Crippen LogP contribution in [0.4, 0.5) is 5.69 Å². The highest BCUT2D eigenvalue weighted by atomic mass is 32.1. The largest absolute Gasteiger partial charge is 0.349 e. The maximum absolute atomic E-state index is 12.5. The number of rotatable bonds is 4. The van der Waals surface area contributed by atoms with Gasteiger partial charge in [-0.05, 0) is 37.5 Å². The molecular formula is C22H28N4O2S. The number of amides is 2. The maximum Gasteiger partial charge on any atom is 0.221 e. The van der Waals surface area contributed by atoms with Crippen molar-refractivity contribution in [3.8, 4) is 0 Å². The van der Waals surface area contributed by atoms with Crippen LogP contribution in [0.2, 0.25) is 0 Å². The molecule has 2 aliphatic rings. The number of thiazole rings is 1. The second-order valence-corrected chi connectivity index (χ2v) is 9.24. The topological polar surface area (TPSA) is 74.3 Å². The van der Waals surface area contributed by atoms with Gasteiger partial charge in [0.2, 0.25) is 11.8 Å². The third kappa shape index (κ3) is 4.36. The van der Waals surface area contributed by atoms with Crippen molar-refractivity contribution in [2.75, 3.05) is 18.4 Å². The molecule has 3 heterocycles. The van der Waals surface area contributed by atoms with Crippen molar-refractivity contribution in [1.82, 2.24) is 15.2 Å². The van der Waals surface area contributed by atoms with E-state index in [1.807, 2.05) is 17.6 Å². The van der Waals surface area contributed by atoms with Crippen molar-refractivity contribution in [3.05, 3.63) is 45.9 Å². The van der Waals surface area contributed by atoms with Gasteiger partial charge < -0.3 is 10.6 Å². The average Bonchev–Trinajstić information content (AvgIpc) is 3.16. The predicted molar refractivity (Wildman–Crippen MR) is 115 cm³/mol. The fraction of sp³-hybridized carbons (Fsp3) is 0.500. The van der Waals surface area contributed by atoms with Crippen LogP contribution in [-0.4, -0.2) is 40.3 Å². The van der Waals surface area contributed by atoms with Crippen LogP contribution in [0, 0.1) is 6.92 Å². The molecule has 0 bridgehead atoms. The van der Waals surface area contributed by atoms with Crippen LogP contribution in [0.15, 0.2) is 29.8 Å². The molecule has 2 amide bonds. The van der Waals surface area contributed by atoms with Gasteiger partial charge >= 0.3 is 0 Å². The number of carbonyl (C=O) groups excluding carboxylic acids is 2. The molecular weight excluding hydrogens is 384 g/mol. The van der Waals surface area contributed by atoms with Gasteiger partial charge in [0.05, 0.1) is 16.7 Å². The molecule has 1 aromatic heterocycles. The van der Waals surface area contributed by atoms with Crippen molar-refractivity contribution < 1.29 is 9.59 Å². The number of aromatic nitrogens is 1. The summed E-state index contributed by atoms with van der Waals surface area (Å²) in [5.41, 5.74) is 4.70. The molecule has 2 aromatic rings. The summed E-state index contributed by atoms with van der Waals surface area (Å²) in [5, 5.41) is 6.30. The van der Waals surface area contributed by atoms with Gasteiger partial charge in [-0.2, -0.15) is 0 Å². The Morgan fingerprint density at radius 2 is 2.28 bits per heavy atom. The number of hydrogen-bond acceptors (Lipinski definition) is 5. The van der Waals surface area contributed by atoms with E-state index >= 15 is 0 Å². The molecule has 2 N–H and O–H groups in total. The van der Waals surface area contributed by atoms with E-state index in [2.05, 4.69) is 39.6 Å². The molecule has 7 heteroatoms. The molecule has 1 aromatic carbocycles. The van der Waals surface area contributed by atoms with E-state index in [0.29, 0.717) is 6.42 Å². The molecule has 154 valence electrons. The van der Waals surface area contributed by atoms with Crippen molar-refractivity contribution >= 4 is 28.8 Å². The van der Waals surface area contributed by atoms with Crippen LogP contribution in [0.25, 0.3) is 0 Å². The van der Waals surface area contributed by atoms with E-state index in [1.165, 1.54) is 17.4 Å². The highest BCUT2D eigenvalue weighted by Crippen LogP contribution is 2.42. The Morgan fingerprint density at radius 3 is 3.03 bits per heavy atom. The fourth-order valence-electron chi connectivity index (χ4n) is 4.78. The molecule has 6 nitrogen and oxygen atoms in total.